The lowest BCUT2D eigenvalue weighted by Crippen LogP contribution is -2.35. The van der Waals surface area contributed by atoms with E-state index >= 15 is 0 Å². The minimum absolute atomic E-state index is 0.291. The summed E-state index contributed by atoms with van der Waals surface area (Å²) in [5.41, 5.74) is 4.93. The van der Waals surface area contributed by atoms with E-state index in [9.17, 15) is 4.79 Å². The lowest BCUT2D eigenvalue weighted by atomic mass is 10.2. The molecule has 0 atom stereocenters. The van der Waals surface area contributed by atoms with E-state index in [0.717, 1.165) is 5.56 Å². The molecule has 0 saturated heterocycles. The van der Waals surface area contributed by atoms with Gasteiger partial charge in [-0.3, -0.25) is 4.79 Å². The van der Waals surface area contributed by atoms with Crippen molar-refractivity contribution < 1.29 is 18.8 Å². The third-order valence-electron chi connectivity index (χ3n) is 4.13. The molecular formula is C22H22N3O3+. The average molecular weight is 376 g/mol. The predicted molar refractivity (Wildman–Crippen MR) is 107 cm³/mol. The summed E-state index contributed by atoms with van der Waals surface area (Å²) >= 11 is 0. The molecule has 28 heavy (non-hydrogen) atoms. The summed E-state index contributed by atoms with van der Waals surface area (Å²) in [5, 5.41) is 4.05. The molecule has 3 aromatic rings. The lowest BCUT2D eigenvalue weighted by Gasteiger charge is -2.06. The van der Waals surface area contributed by atoms with Gasteiger partial charge in [0, 0.05) is 17.2 Å². The van der Waals surface area contributed by atoms with E-state index in [1.165, 1.54) is 6.21 Å². The van der Waals surface area contributed by atoms with Crippen molar-refractivity contribution in [2.45, 2.75) is 6.54 Å². The Morgan fingerprint density at radius 2 is 1.89 bits per heavy atom. The molecule has 0 aliphatic rings. The highest BCUT2D eigenvalue weighted by Gasteiger charge is 2.11. The fraction of sp³-hybridized carbons (Fsp3) is 0.136. The number of pyridine rings is 1. The molecule has 0 saturated carbocycles. The Hall–Kier alpha value is -3.67. The normalized spacial score (nSPS) is 10.6. The fourth-order valence-electron chi connectivity index (χ4n) is 2.71. The summed E-state index contributed by atoms with van der Waals surface area (Å²) < 4.78 is 12.5. The monoisotopic (exact) mass is 376 g/mol. The summed E-state index contributed by atoms with van der Waals surface area (Å²) in [7, 11) is 3.16. The van der Waals surface area contributed by atoms with E-state index in [1.54, 1.807) is 44.7 Å². The number of nitrogens with zero attached hydrogens (tertiary/aromatic N) is 2. The average Bonchev–Trinajstić information content (AvgIpc) is 2.74. The molecule has 2 aromatic carbocycles. The molecule has 1 heterocycles. The van der Waals surface area contributed by atoms with Crippen LogP contribution in [-0.4, -0.2) is 26.3 Å². The third kappa shape index (κ3) is 4.94. The van der Waals surface area contributed by atoms with E-state index in [0.29, 0.717) is 29.2 Å². The standard InChI is InChI=1S/C22H21N3O3/c1-27-20-10-11-21(28-2)19(13-20)14-23-24-22(26)18-9-6-12-25(16-18)15-17-7-4-3-5-8-17/h3-14,16H,15H2,1-2H3/p+1. The zero-order valence-electron chi connectivity index (χ0n) is 15.8. The molecule has 0 bridgehead atoms. The maximum absolute atomic E-state index is 12.4. The van der Waals surface area contributed by atoms with Gasteiger partial charge in [-0.1, -0.05) is 30.3 Å². The van der Waals surface area contributed by atoms with Gasteiger partial charge < -0.3 is 9.47 Å². The second-order valence-electron chi connectivity index (χ2n) is 6.06. The first-order valence-corrected chi connectivity index (χ1v) is 8.78. The Labute approximate surface area is 164 Å². The highest BCUT2D eigenvalue weighted by Crippen LogP contribution is 2.22. The summed E-state index contributed by atoms with van der Waals surface area (Å²) in [6.45, 7) is 0.687. The molecule has 0 aliphatic carbocycles. The summed E-state index contributed by atoms with van der Waals surface area (Å²) in [6, 6.07) is 19.0. The third-order valence-corrected chi connectivity index (χ3v) is 4.13. The van der Waals surface area contributed by atoms with E-state index < -0.39 is 0 Å². The van der Waals surface area contributed by atoms with Crippen LogP contribution >= 0.6 is 0 Å². The number of nitrogens with one attached hydrogen (secondary N) is 1. The van der Waals surface area contributed by atoms with Crippen LogP contribution in [0, 0.1) is 0 Å². The van der Waals surface area contributed by atoms with Crippen LogP contribution in [0.4, 0.5) is 0 Å². The Morgan fingerprint density at radius 1 is 1.07 bits per heavy atom. The summed E-state index contributed by atoms with van der Waals surface area (Å²) in [4.78, 5) is 12.4. The van der Waals surface area contributed by atoms with Gasteiger partial charge in [0.25, 0.3) is 5.91 Å². The van der Waals surface area contributed by atoms with Gasteiger partial charge in [0.15, 0.2) is 18.9 Å². The van der Waals surface area contributed by atoms with Crippen LogP contribution in [0.1, 0.15) is 21.5 Å². The molecule has 0 aliphatic heterocycles. The predicted octanol–water partition coefficient (Wildman–Crippen LogP) is 2.80. The molecule has 142 valence electrons. The van der Waals surface area contributed by atoms with Crippen molar-refractivity contribution in [2.24, 2.45) is 5.10 Å². The van der Waals surface area contributed by atoms with Crippen LogP contribution in [-0.2, 0) is 6.54 Å². The number of hydrazone groups is 1. The number of hydrogen-bond donors (Lipinski definition) is 1. The zero-order valence-corrected chi connectivity index (χ0v) is 15.8. The molecule has 6 heteroatoms. The smallest absolute Gasteiger partial charge is 0.277 e. The fourth-order valence-corrected chi connectivity index (χ4v) is 2.71. The number of methoxy groups -OCH3 is 2. The minimum atomic E-state index is -0.291. The molecular weight excluding hydrogens is 354 g/mol. The van der Waals surface area contributed by atoms with Crippen LogP contribution in [0.2, 0.25) is 0 Å². The summed E-state index contributed by atoms with van der Waals surface area (Å²) in [5.74, 6) is 1.03. The molecule has 0 unspecified atom stereocenters. The van der Waals surface area contributed by atoms with Crippen molar-refractivity contribution in [1.29, 1.82) is 0 Å². The molecule has 1 amide bonds. The van der Waals surface area contributed by atoms with E-state index in [2.05, 4.69) is 10.5 Å². The first kappa shape index (κ1) is 19.1. The second-order valence-corrected chi connectivity index (χ2v) is 6.06. The van der Waals surface area contributed by atoms with Crippen molar-refractivity contribution in [1.82, 2.24) is 5.43 Å². The van der Waals surface area contributed by atoms with Gasteiger partial charge in [-0.25, -0.2) is 5.43 Å². The number of benzene rings is 2. The molecule has 1 aromatic heterocycles. The molecule has 3 rings (SSSR count). The van der Waals surface area contributed by atoms with Gasteiger partial charge in [-0.2, -0.15) is 9.67 Å². The Morgan fingerprint density at radius 3 is 2.64 bits per heavy atom. The van der Waals surface area contributed by atoms with E-state index in [-0.39, 0.29) is 5.91 Å². The highest BCUT2D eigenvalue weighted by molar-refractivity contribution is 5.94. The zero-order chi connectivity index (χ0) is 19.8. The number of aromatic nitrogens is 1. The lowest BCUT2D eigenvalue weighted by molar-refractivity contribution is -0.688. The second kappa shape index (κ2) is 9.32. The molecule has 6 nitrogen and oxygen atoms in total. The van der Waals surface area contributed by atoms with Crippen LogP contribution in [0.3, 0.4) is 0 Å². The molecule has 0 spiro atoms. The van der Waals surface area contributed by atoms with Gasteiger partial charge in [0.1, 0.15) is 17.1 Å². The van der Waals surface area contributed by atoms with Gasteiger partial charge in [0.2, 0.25) is 0 Å². The first-order chi connectivity index (χ1) is 13.7. The number of carbonyl (C=O) groups is 1. The number of amides is 1. The molecule has 1 N–H and O–H groups in total. The number of ether oxygens (including phenoxy) is 2. The Balaban J connectivity index is 1.68. The van der Waals surface area contributed by atoms with Crippen molar-refractivity contribution in [3.05, 3.63) is 89.7 Å². The maximum Gasteiger partial charge on any atom is 0.277 e. The Bertz CT molecular complexity index is 972. The van der Waals surface area contributed by atoms with Gasteiger partial charge in [0.05, 0.1) is 20.4 Å². The molecule has 0 fully saturated rings. The maximum atomic E-state index is 12.4. The van der Waals surface area contributed by atoms with E-state index in [1.807, 2.05) is 47.2 Å². The van der Waals surface area contributed by atoms with Crippen molar-refractivity contribution in [3.63, 3.8) is 0 Å². The van der Waals surface area contributed by atoms with Crippen molar-refractivity contribution >= 4 is 12.1 Å². The highest BCUT2D eigenvalue weighted by atomic mass is 16.5. The number of rotatable bonds is 7. The Kier molecular flexibility index (Phi) is 6.36. The largest absolute Gasteiger partial charge is 0.497 e. The van der Waals surface area contributed by atoms with Crippen molar-refractivity contribution in [2.75, 3.05) is 14.2 Å². The van der Waals surface area contributed by atoms with Crippen LogP contribution in [0.15, 0.2) is 78.2 Å². The molecule has 0 radical (unpaired) electrons. The van der Waals surface area contributed by atoms with Crippen LogP contribution < -0.4 is 19.5 Å². The topological polar surface area (TPSA) is 63.8 Å². The minimum Gasteiger partial charge on any atom is -0.497 e. The number of hydrogen-bond acceptors (Lipinski definition) is 4. The van der Waals surface area contributed by atoms with Crippen molar-refractivity contribution in [3.8, 4) is 11.5 Å². The van der Waals surface area contributed by atoms with Crippen LogP contribution in [0.25, 0.3) is 0 Å². The van der Waals surface area contributed by atoms with E-state index in [4.69, 9.17) is 9.47 Å². The van der Waals surface area contributed by atoms with Gasteiger partial charge in [-0.15, -0.1) is 0 Å². The van der Waals surface area contributed by atoms with Gasteiger partial charge >= 0.3 is 0 Å². The summed E-state index contributed by atoms with van der Waals surface area (Å²) in [6.07, 6.45) is 5.25. The van der Waals surface area contributed by atoms with Gasteiger partial charge in [-0.05, 0) is 24.3 Å². The first-order valence-electron chi connectivity index (χ1n) is 8.78. The quantitative estimate of drug-likeness (QED) is 0.392. The SMILES string of the molecule is COc1ccc(OC)c(C=NNC(=O)c2ccc[n+](Cc3ccccc3)c2)c1. The van der Waals surface area contributed by atoms with Crippen LogP contribution in [0.5, 0.6) is 11.5 Å². The number of carbonyl (C=O) groups excluding carboxylic acids is 1.